The molecule has 2 aromatic rings. The SMILES string of the molecule is O=[N+]([O-])c1cc(-n2cnnn2)ccc1NCCCCCCN1CC(O)C(O)C(O)C1CO. The molecule has 176 valence electrons. The number of nitrogens with zero attached hydrogens (tertiary/aromatic N) is 6. The van der Waals surface area contributed by atoms with Crippen molar-refractivity contribution in [2.45, 2.75) is 50.0 Å². The Morgan fingerprint density at radius 1 is 1.16 bits per heavy atom. The lowest BCUT2D eigenvalue weighted by molar-refractivity contribution is -0.383. The molecule has 3 rings (SSSR count). The Hall–Kier alpha value is -2.71. The van der Waals surface area contributed by atoms with Crippen LogP contribution < -0.4 is 5.32 Å². The zero-order chi connectivity index (χ0) is 23.1. The average molecular weight is 451 g/mol. The molecule has 1 aliphatic heterocycles. The van der Waals surface area contributed by atoms with Gasteiger partial charge in [0.05, 0.1) is 29.4 Å². The molecule has 1 aromatic heterocycles. The van der Waals surface area contributed by atoms with Gasteiger partial charge in [-0.05, 0) is 41.9 Å². The van der Waals surface area contributed by atoms with Crippen molar-refractivity contribution >= 4 is 11.4 Å². The fraction of sp³-hybridized carbons (Fsp3) is 0.632. The Balaban J connectivity index is 1.41. The van der Waals surface area contributed by atoms with E-state index < -0.39 is 29.3 Å². The van der Waals surface area contributed by atoms with E-state index in [2.05, 4.69) is 20.8 Å². The monoisotopic (exact) mass is 451 g/mol. The maximum atomic E-state index is 11.4. The highest BCUT2D eigenvalue weighted by molar-refractivity contribution is 5.65. The first-order valence-electron chi connectivity index (χ1n) is 10.6. The van der Waals surface area contributed by atoms with Gasteiger partial charge in [-0.25, -0.2) is 4.68 Å². The molecule has 0 radical (unpaired) electrons. The number of unbranched alkanes of at least 4 members (excludes halogenated alkanes) is 3. The highest BCUT2D eigenvalue weighted by Crippen LogP contribution is 2.27. The molecular formula is C19H29N7O6. The number of rotatable bonds is 11. The van der Waals surface area contributed by atoms with Crippen molar-refractivity contribution in [2.75, 3.05) is 31.6 Å². The molecule has 1 saturated heterocycles. The van der Waals surface area contributed by atoms with Gasteiger partial charge in [0, 0.05) is 19.2 Å². The molecule has 0 saturated carbocycles. The number of piperidine rings is 1. The van der Waals surface area contributed by atoms with E-state index in [0.717, 1.165) is 25.7 Å². The number of β-amino-alcohol motifs (C(OH)–C–C–N with tert-alkyl or cyclic N) is 1. The molecular weight excluding hydrogens is 422 g/mol. The van der Waals surface area contributed by atoms with Crippen LogP contribution in [0, 0.1) is 10.1 Å². The Morgan fingerprint density at radius 2 is 1.94 bits per heavy atom. The van der Waals surface area contributed by atoms with E-state index in [0.29, 0.717) is 24.5 Å². The average Bonchev–Trinajstić information content (AvgIpc) is 3.32. The normalized spacial score (nSPS) is 23.9. The van der Waals surface area contributed by atoms with Crippen LogP contribution in [0.25, 0.3) is 5.69 Å². The topological polar surface area (TPSA) is 183 Å². The molecule has 2 heterocycles. The summed E-state index contributed by atoms with van der Waals surface area (Å²) in [7, 11) is 0. The van der Waals surface area contributed by atoms with Crippen LogP contribution in [0.1, 0.15) is 25.7 Å². The molecule has 0 amide bonds. The van der Waals surface area contributed by atoms with Gasteiger partial charge < -0.3 is 25.7 Å². The number of anilines is 1. The van der Waals surface area contributed by atoms with Crippen molar-refractivity contribution < 1.29 is 25.3 Å². The third kappa shape index (κ3) is 5.75. The second-order valence-electron chi connectivity index (χ2n) is 7.85. The highest BCUT2D eigenvalue weighted by atomic mass is 16.6. The number of tetrazole rings is 1. The predicted octanol–water partition coefficient (Wildman–Crippen LogP) is -0.698. The van der Waals surface area contributed by atoms with Crippen molar-refractivity contribution in [1.82, 2.24) is 25.1 Å². The molecule has 13 nitrogen and oxygen atoms in total. The number of likely N-dealkylation sites (tertiary alicyclic amines) is 1. The van der Waals surface area contributed by atoms with Gasteiger partial charge in [0.15, 0.2) is 0 Å². The largest absolute Gasteiger partial charge is 0.395 e. The second kappa shape index (κ2) is 11.2. The van der Waals surface area contributed by atoms with Crippen molar-refractivity contribution in [2.24, 2.45) is 0 Å². The second-order valence-corrected chi connectivity index (χ2v) is 7.85. The van der Waals surface area contributed by atoms with Gasteiger partial charge in [-0.1, -0.05) is 12.8 Å². The van der Waals surface area contributed by atoms with Crippen LogP contribution in [0.3, 0.4) is 0 Å². The molecule has 0 spiro atoms. The van der Waals surface area contributed by atoms with E-state index >= 15 is 0 Å². The minimum atomic E-state index is -1.25. The van der Waals surface area contributed by atoms with Gasteiger partial charge in [0.2, 0.25) is 0 Å². The number of hydrogen-bond acceptors (Lipinski definition) is 11. The molecule has 5 N–H and O–H groups in total. The lowest BCUT2D eigenvalue weighted by atomic mass is 9.94. The zero-order valence-corrected chi connectivity index (χ0v) is 17.6. The van der Waals surface area contributed by atoms with E-state index in [1.807, 2.05) is 0 Å². The number of benzene rings is 1. The van der Waals surface area contributed by atoms with Gasteiger partial charge >= 0.3 is 0 Å². The quantitative estimate of drug-likeness (QED) is 0.165. The van der Waals surface area contributed by atoms with E-state index in [1.54, 1.807) is 17.0 Å². The number of hydrogen-bond donors (Lipinski definition) is 5. The van der Waals surface area contributed by atoms with Crippen LogP contribution in [0.4, 0.5) is 11.4 Å². The predicted molar refractivity (Wildman–Crippen MR) is 113 cm³/mol. The van der Waals surface area contributed by atoms with Crippen molar-refractivity contribution in [1.29, 1.82) is 0 Å². The first-order valence-corrected chi connectivity index (χ1v) is 10.6. The smallest absolute Gasteiger partial charge is 0.294 e. The van der Waals surface area contributed by atoms with E-state index in [-0.39, 0.29) is 18.8 Å². The fourth-order valence-corrected chi connectivity index (χ4v) is 3.89. The molecule has 1 aliphatic rings. The highest BCUT2D eigenvalue weighted by Gasteiger charge is 2.40. The van der Waals surface area contributed by atoms with Crippen LogP contribution in [0.5, 0.6) is 0 Å². The number of aliphatic hydroxyl groups excluding tert-OH is 4. The fourth-order valence-electron chi connectivity index (χ4n) is 3.89. The summed E-state index contributed by atoms with van der Waals surface area (Å²) in [6, 6.07) is 4.15. The molecule has 4 unspecified atom stereocenters. The van der Waals surface area contributed by atoms with E-state index in [1.165, 1.54) is 17.1 Å². The zero-order valence-electron chi connectivity index (χ0n) is 17.6. The number of nitrogens with one attached hydrogen (secondary N) is 1. The summed E-state index contributed by atoms with van der Waals surface area (Å²) < 4.78 is 1.35. The van der Waals surface area contributed by atoms with Gasteiger partial charge in [-0.15, -0.1) is 5.10 Å². The third-order valence-electron chi connectivity index (χ3n) is 5.70. The van der Waals surface area contributed by atoms with Crippen molar-refractivity contribution in [3.63, 3.8) is 0 Å². The standard InChI is InChI=1S/C19H29N7O6/c27-11-16-18(29)19(30)17(28)10-24(16)8-4-2-1-3-7-20-14-6-5-13(9-15(14)26(31)32)25-12-21-22-23-25/h5-6,9,12,16-20,27-30H,1-4,7-8,10-11H2. The molecule has 0 aliphatic carbocycles. The summed E-state index contributed by atoms with van der Waals surface area (Å²) in [5.41, 5.74) is 0.860. The summed E-state index contributed by atoms with van der Waals surface area (Å²) in [4.78, 5) is 12.8. The van der Waals surface area contributed by atoms with E-state index in [9.17, 15) is 30.5 Å². The minimum Gasteiger partial charge on any atom is -0.395 e. The number of nitro groups is 1. The van der Waals surface area contributed by atoms with Crippen molar-refractivity contribution in [3.05, 3.63) is 34.6 Å². The molecule has 4 atom stereocenters. The van der Waals surface area contributed by atoms with Gasteiger partial charge in [-0.3, -0.25) is 15.0 Å². The van der Waals surface area contributed by atoms with Gasteiger partial charge in [0.1, 0.15) is 24.2 Å². The number of nitro benzene ring substituents is 1. The molecule has 1 aromatic carbocycles. The summed E-state index contributed by atoms with van der Waals surface area (Å²) in [6.07, 6.45) is 1.26. The van der Waals surface area contributed by atoms with Crippen molar-refractivity contribution in [3.8, 4) is 5.69 Å². The van der Waals surface area contributed by atoms with Crippen LogP contribution in [0.15, 0.2) is 24.5 Å². The van der Waals surface area contributed by atoms with E-state index in [4.69, 9.17) is 0 Å². The third-order valence-corrected chi connectivity index (χ3v) is 5.70. The van der Waals surface area contributed by atoms with Crippen LogP contribution in [-0.4, -0.2) is 101 Å². The first kappa shape index (κ1) is 23.9. The summed E-state index contributed by atoms with van der Waals surface area (Å²) in [6.45, 7) is 1.07. The maximum Gasteiger partial charge on any atom is 0.294 e. The molecule has 1 fully saturated rings. The van der Waals surface area contributed by atoms with Crippen LogP contribution in [0.2, 0.25) is 0 Å². The molecule has 13 heteroatoms. The lowest BCUT2D eigenvalue weighted by Gasteiger charge is -2.43. The Morgan fingerprint density at radius 3 is 2.62 bits per heavy atom. The van der Waals surface area contributed by atoms with Gasteiger partial charge in [0.25, 0.3) is 5.69 Å². The molecule has 0 bridgehead atoms. The van der Waals surface area contributed by atoms with Crippen LogP contribution in [-0.2, 0) is 0 Å². The Labute approximate surface area is 184 Å². The lowest BCUT2D eigenvalue weighted by Crippen LogP contribution is -2.62. The molecule has 32 heavy (non-hydrogen) atoms. The number of aromatic nitrogens is 4. The van der Waals surface area contributed by atoms with Crippen LogP contribution >= 0.6 is 0 Å². The Kier molecular flexibility index (Phi) is 8.41. The minimum absolute atomic E-state index is 0.0579. The summed E-state index contributed by atoms with van der Waals surface area (Å²) >= 11 is 0. The maximum absolute atomic E-state index is 11.4. The number of aliphatic hydroxyl groups is 4. The summed E-state index contributed by atoms with van der Waals surface area (Å²) in [5, 5.41) is 64.4. The Bertz CT molecular complexity index is 868. The first-order chi connectivity index (χ1) is 15.4. The van der Waals surface area contributed by atoms with Gasteiger partial charge in [-0.2, -0.15) is 0 Å². The summed E-state index contributed by atoms with van der Waals surface area (Å²) in [5.74, 6) is 0.